The summed E-state index contributed by atoms with van der Waals surface area (Å²) in [5.41, 5.74) is 9.67. The normalized spacial score (nSPS) is 11.7. The van der Waals surface area contributed by atoms with E-state index >= 15 is 0 Å². The number of imidazole rings is 1. The molecular formula is C25H28N6O4. The minimum absolute atomic E-state index is 0.260. The maximum absolute atomic E-state index is 13.0. The second kappa shape index (κ2) is 9.49. The number of methoxy groups -OCH3 is 1. The Hall–Kier alpha value is -4.34. The van der Waals surface area contributed by atoms with Gasteiger partial charge < -0.3 is 24.3 Å². The second-order valence-corrected chi connectivity index (χ2v) is 8.16. The first-order valence-corrected chi connectivity index (χ1v) is 11.1. The molecule has 35 heavy (non-hydrogen) atoms. The zero-order chi connectivity index (χ0) is 25.3. The van der Waals surface area contributed by atoms with E-state index in [1.807, 2.05) is 38.1 Å². The minimum Gasteiger partial charge on any atom is -0.497 e. The number of hydrogen-bond acceptors (Lipinski definition) is 5. The third kappa shape index (κ3) is 4.54. The number of rotatable bonds is 7. The van der Waals surface area contributed by atoms with Gasteiger partial charge in [-0.25, -0.2) is 0 Å². The van der Waals surface area contributed by atoms with Gasteiger partial charge in [0.05, 0.1) is 18.3 Å². The highest BCUT2D eigenvalue weighted by atomic mass is 16.5. The largest absolute Gasteiger partial charge is 0.497 e. The summed E-state index contributed by atoms with van der Waals surface area (Å²) < 4.78 is 16.4. The number of carbonyl (C=O) groups is 2. The van der Waals surface area contributed by atoms with Crippen LogP contribution in [-0.2, 0) is 27.2 Å². The smallest absolute Gasteiger partial charge is 0.298 e. The molecule has 0 atom stereocenters. The van der Waals surface area contributed by atoms with Crippen LogP contribution < -0.4 is 20.8 Å². The monoisotopic (exact) mass is 476 g/mol. The molecule has 4 aromatic rings. The fourth-order valence-electron chi connectivity index (χ4n) is 4.01. The van der Waals surface area contributed by atoms with Crippen LogP contribution in [0.3, 0.4) is 0 Å². The summed E-state index contributed by atoms with van der Waals surface area (Å²) in [6, 6.07) is 12.5. The lowest BCUT2D eigenvalue weighted by molar-refractivity contribution is 0.0982. The van der Waals surface area contributed by atoms with Crippen molar-refractivity contribution in [2.24, 2.45) is 24.8 Å². The Labute approximate surface area is 202 Å². The molecule has 2 amide bonds. The minimum atomic E-state index is -0.582. The van der Waals surface area contributed by atoms with Gasteiger partial charge in [0.25, 0.3) is 5.91 Å². The van der Waals surface area contributed by atoms with Gasteiger partial charge in [-0.05, 0) is 49.7 Å². The first kappa shape index (κ1) is 23.8. The third-order valence-corrected chi connectivity index (χ3v) is 5.81. The Morgan fingerprint density at radius 3 is 2.43 bits per heavy atom. The van der Waals surface area contributed by atoms with E-state index in [-0.39, 0.29) is 6.61 Å². The molecule has 0 aliphatic rings. The summed E-state index contributed by atoms with van der Waals surface area (Å²) in [5, 5.41) is 4.33. The van der Waals surface area contributed by atoms with Crippen molar-refractivity contribution in [3.63, 3.8) is 0 Å². The van der Waals surface area contributed by atoms with E-state index in [2.05, 4.69) is 10.1 Å². The number of ether oxygens (including phenoxy) is 2. The lowest BCUT2D eigenvalue weighted by atomic mass is 10.1. The first-order valence-electron chi connectivity index (χ1n) is 11.1. The van der Waals surface area contributed by atoms with Crippen LogP contribution in [0.1, 0.15) is 39.0 Å². The van der Waals surface area contributed by atoms with Crippen LogP contribution in [0, 0.1) is 6.92 Å². The van der Waals surface area contributed by atoms with E-state index in [1.165, 1.54) is 0 Å². The molecule has 0 radical (unpaired) electrons. The summed E-state index contributed by atoms with van der Waals surface area (Å²) in [6.45, 7) is 4.56. The topological polar surface area (TPSA) is 119 Å². The Morgan fingerprint density at radius 1 is 1.09 bits per heavy atom. The van der Waals surface area contributed by atoms with Gasteiger partial charge in [-0.3, -0.25) is 14.3 Å². The molecule has 0 saturated carbocycles. The van der Waals surface area contributed by atoms with E-state index in [0.717, 1.165) is 17.0 Å². The molecule has 2 aromatic heterocycles. The summed E-state index contributed by atoms with van der Waals surface area (Å²) in [6.07, 6.45) is 0. The quantitative estimate of drug-likeness (QED) is 0.440. The SMILES string of the molecule is CCn1nc(C)cc1C(=O)N=c1n(C)c2cc(C(N)=O)cc(OCc3ccc(OC)cc3)c2n1C. The number of carbonyl (C=O) groups excluding carboxylic acids is 2. The third-order valence-electron chi connectivity index (χ3n) is 5.81. The zero-order valence-electron chi connectivity index (χ0n) is 20.4. The van der Waals surface area contributed by atoms with Gasteiger partial charge in [0, 0.05) is 26.2 Å². The predicted molar refractivity (Wildman–Crippen MR) is 130 cm³/mol. The lowest BCUT2D eigenvalue weighted by Crippen LogP contribution is -2.24. The first-order chi connectivity index (χ1) is 16.7. The molecule has 0 spiro atoms. The van der Waals surface area contributed by atoms with E-state index in [9.17, 15) is 9.59 Å². The summed E-state index contributed by atoms with van der Waals surface area (Å²) >= 11 is 0. The lowest BCUT2D eigenvalue weighted by Gasteiger charge is -2.11. The summed E-state index contributed by atoms with van der Waals surface area (Å²) in [5.74, 6) is 0.206. The molecule has 0 bridgehead atoms. The van der Waals surface area contributed by atoms with Crippen molar-refractivity contribution in [2.75, 3.05) is 7.11 Å². The number of hydrogen-bond donors (Lipinski definition) is 1. The maximum atomic E-state index is 13.0. The number of amides is 2. The van der Waals surface area contributed by atoms with Crippen LogP contribution >= 0.6 is 0 Å². The van der Waals surface area contributed by atoms with Crippen LogP contribution in [0.25, 0.3) is 11.0 Å². The van der Waals surface area contributed by atoms with Crippen molar-refractivity contribution >= 4 is 22.8 Å². The van der Waals surface area contributed by atoms with Crippen LogP contribution in [-0.4, -0.2) is 37.8 Å². The number of fused-ring (bicyclic) bond motifs is 1. The molecule has 2 N–H and O–H groups in total. The van der Waals surface area contributed by atoms with Crippen molar-refractivity contribution in [1.29, 1.82) is 0 Å². The van der Waals surface area contributed by atoms with Crippen molar-refractivity contribution in [2.45, 2.75) is 27.0 Å². The number of primary amides is 1. The Balaban J connectivity index is 1.81. The molecule has 0 unspecified atom stereocenters. The van der Waals surface area contributed by atoms with Gasteiger partial charge in [-0.15, -0.1) is 0 Å². The molecule has 2 aromatic carbocycles. The van der Waals surface area contributed by atoms with E-state index in [1.54, 1.807) is 53.2 Å². The van der Waals surface area contributed by atoms with Gasteiger partial charge >= 0.3 is 0 Å². The molecular weight excluding hydrogens is 448 g/mol. The Bertz CT molecular complexity index is 1490. The fourth-order valence-corrected chi connectivity index (χ4v) is 4.01. The van der Waals surface area contributed by atoms with Gasteiger partial charge in [0.15, 0.2) is 0 Å². The average molecular weight is 477 g/mol. The van der Waals surface area contributed by atoms with Crippen molar-refractivity contribution in [3.8, 4) is 11.5 Å². The standard InChI is InChI=1S/C25H28N6O4/c1-6-31-20(11-15(2)28-31)24(33)27-25-29(3)19-12-17(23(26)32)13-21(22(19)30(25)4)35-14-16-7-9-18(34-5)10-8-16/h7-13H,6,14H2,1-5H3,(H2,26,32). The zero-order valence-corrected chi connectivity index (χ0v) is 20.4. The van der Waals surface area contributed by atoms with Crippen LogP contribution in [0.15, 0.2) is 47.5 Å². The Kier molecular flexibility index (Phi) is 6.46. The molecule has 0 aliphatic carbocycles. The summed E-state index contributed by atoms with van der Waals surface area (Å²) in [4.78, 5) is 29.5. The molecule has 0 saturated heterocycles. The van der Waals surface area contributed by atoms with Crippen molar-refractivity contribution < 1.29 is 19.1 Å². The number of aryl methyl sites for hydroxylation is 4. The van der Waals surface area contributed by atoms with Crippen molar-refractivity contribution in [1.82, 2.24) is 18.9 Å². The van der Waals surface area contributed by atoms with Gasteiger partial charge in [-0.2, -0.15) is 10.1 Å². The number of nitrogens with two attached hydrogens (primary N) is 1. The molecule has 2 heterocycles. The highest BCUT2D eigenvalue weighted by Gasteiger charge is 2.18. The average Bonchev–Trinajstić information content (AvgIpc) is 3.35. The van der Waals surface area contributed by atoms with E-state index in [0.29, 0.717) is 40.2 Å². The van der Waals surface area contributed by atoms with Crippen LogP contribution in [0.2, 0.25) is 0 Å². The molecule has 0 aliphatic heterocycles. The maximum Gasteiger partial charge on any atom is 0.298 e. The molecule has 10 heteroatoms. The molecule has 4 rings (SSSR count). The summed E-state index contributed by atoms with van der Waals surface area (Å²) in [7, 11) is 5.17. The molecule has 182 valence electrons. The van der Waals surface area contributed by atoms with Crippen molar-refractivity contribution in [3.05, 3.63) is 70.6 Å². The Morgan fingerprint density at radius 2 is 1.80 bits per heavy atom. The fraction of sp³-hybridized carbons (Fsp3) is 0.280. The second-order valence-electron chi connectivity index (χ2n) is 8.16. The van der Waals surface area contributed by atoms with Gasteiger partial charge in [0.2, 0.25) is 11.5 Å². The number of aromatic nitrogens is 4. The predicted octanol–water partition coefficient (Wildman–Crippen LogP) is 2.47. The van der Waals surface area contributed by atoms with Crippen LogP contribution in [0.4, 0.5) is 0 Å². The van der Waals surface area contributed by atoms with E-state index in [4.69, 9.17) is 15.2 Å². The number of benzene rings is 2. The van der Waals surface area contributed by atoms with E-state index < -0.39 is 11.8 Å². The van der Waals surface area contributed by atoms with Gasteiger partial charge in [0.1, 0.15) is 29.3 Å². The number of nitrogens with zero attached hydrogens (tertiary/aromatic N) is 5. The van der Waals surface area contributed by atoms with Crippen LogP contribution in [0.5, 0.6) is 11.5 Å². The molecule has 0 fully saturated rings. The highest BCUT2D eigenvalue weighted by molar-refractivity contribution is 5.98. The van der Waals surface area contributed by atoms with Gasteiger partial charge in [-0.1, -0.05) is 12.1 Å². The highest BCUT2D eigenvalue weighted by Crippen LogP contribution is 2.28. The molecule has 10 nitrogen and oxygen atoms in total.